The summed E-state index contributed by atoms with van der Waals surface area (Å²) in [6.45, 7) is 0.489. The van der Waals surface area contributed by atoms with Gasteiger partial charge in [-0.25, -0.2) is 17.2 Å². The lowest BCUT2D eigenvalue weighted by Gasteiger charge is -2.36. The highest BCUT2D eigenvalue weighted by molar-refractivity contribution is 7.89. The van der Waals surface area contributed by atoms with E-state index in [4.69, 9.17) is 0 Å². The Balaban J connectivity index is 1.48. The van der Waals surface area contributed by atoms with Crippen LogP contribution in [0.25, 0.3) is 0 Å². The third-order valence-electron chi connectivity index (χ3n) is 5.35. The highest BCUT2D eigenvalue weighted by Crippen LogP contribution is 2.34. The number of benzene rings is 2. The normalized spacial score (nSPS) is 19.9. The van der Waals surface area contributed by atoms with Gasteiger partial charge < -0.3 is 10.2 Å². The maximum absolute atomic E-state index is 13.5. The zero-order chi connectivity index (χ0) is 21.5. The first kappa shape index (κ1) is 20.4. The fourth-order valence-corrected chi connectivity index (χ4v) is 5.20. The number of halogens is 2. The monoisotopic (exact) mass is 435 g/mol. The number of fused-ring (bicyclic) bond motifs is 1. The van der Waals surface area contributed by atoms with E-state index in [1.165, 1.54) is 39.5 Å². The van der Waals surface area contributed by atoms with Crippen molar-refractivity contribution in [3.05, 3.63) is 59.7 Å². The number of anilines is 1. The molecule has 2 aromatic rings. The molecule has 4 rings (SSSR count). The first-order valence-electron chi connectivity index (χ1n) is 9.39. The molecular formula is C20H19F2N3O4S. The van der Waals surface area contributed by atoms with Crippen LogP contribution in [-0.2, 0) is 19.6 Å². The minimum Gasteiger partial charge on any atom is -0.340 e. The number of piperazine rings is 1. The first-order valence-corrected chi connectivity index (χ1v) is 10.8. The molecule has 30 heavy (non-hydrogen) atoms. The molecule has 7 nitrogen and oxygen atoms in total. The van der Waals surface area contributed by atoms with Crippen LogP contribution in [0.1, 0.15) is 17.9 Å². The molecule has 2 aromatic carbocycles. The molecular weight excluding hydrogens is 416 g/mol. The van der Waals surface area contributed by atoms with Crippen LogP contribution >= 0.6 is 0 Å². The van der Waals surface area contributed by atoms with Gasteiger partial charge in [0.2, 0.25) is 21.8 Å². The molecule has 0 radical (unpaired) electrons. The van der Waals surface area contributed by atoms with Crippen molar-refractivity contribution in [3.8, 4) is 0 Å². The standard InChI is InChI=1S/C20H19F2N3O4S/c21-13-1-4-15(5-2-13)30(28,29)25-9-7-24(8-10-25)20(27)17-12-19(26)23-18-11-14(22)3-6-16(17)18/h1-6,11,17H,7-10,12H2,(H,23,26)/t17-/m1/s1. The lowest BCUT2D eigenvalue weighted by Crippen LogP contribution is -2.52. The maximum Gasteiger partial charge on any atom is 0.243 e. The van der Waals surface area contributed by atoms with Gasteiger partial charge in [-0.15, -0.1) is 0 Å². The number of carbonyl (C=O) groups is 2. The SMILES string of the molecule is O=C1C[C@@H](C(=O)N2CCN(S(=O)(=O)c3ccc(F)cc3)CC2)c2ccc(F)cc2N1. The fraction of sp³-hybridized carbons (Fsp3) is 0.300. The van der Waals surface area contributed by atoms with Gasteiger partial charge in [0.25, 0.3) is 0 Å². The Morgan fingerprint density at radius 3 is 2.27 bits per heavy atom. The molecule has 10 heteroatoms. The first-order chi connectivity index (χ1) is 14.3. The van der Waals surface area contributed by atoms with Crippen LogP contribution in [0.5, 0.6) is 0 Å². The highest BCUT2D eigenvalue weighted by atomic mass is 32.2. The van der Waals surface area contributed by atoms with Gasteiger partial charge in [-0.2, -0.15) is 4.31 Å². The van der Waals surface area contributed by atoms with E-state index in [1.807, 2.05) is 0 Å². The summed E-state index contributed by atoms with van der Waals surface area (Å²) in [5.74, 6) is -2.45. The largest absolute Gasteiger partial charge is 0.340 e. The molecule has 0 aliphatic carbocycles. The van der Waals surface area contributed by atoms with Crippen LogP contribution in [0.2, 0.25) is 0 Å². The Morgan fingerprint density at radius 2 is 1.60 bits per heavy atom. The molecule has 0 aromatic heterocycles. The molecule has 2 aliphatic rings. The minimum absolute atomic E-state index is 0.0106. The maximum atomic E-state index is 13.5. The Bertz CT molecular complexity index is 1100. The minimum atomic E-state index is -3.79. The molecule has 2 heterocycles. The number of nitrogens with zero attached hydrogens (tertiary/aromatic N) is 2. The topological polar surface area (TPSA) is 86.8 Å². The second-order valence-electron chi connectivity index (χ2n) is 7.22. The van der Waals surface area contributed by atoms with Gasteiger partial charge in [0.05, 0.1) is 10.8 Å². The van der Waals surface area contributed by atoms with Gasteiger partial charge in [0, 0.05) is 38.3 Å². The van der Waals surface area contributed by atoms with Crippen molar-refractivity contribution in [1.82, 2.24) is 9.21 Å². The van der Waals surface area contributed by atoms with Gasteiger partial charge in [-0.1, -0.05) is 6.07 Å². The van der Waals surface area contributed by atoms with Crippen molar-refractivity contribution in [1.29, 1.82) is 0 Å². The second-order valence-corrected chi connectivity index (χ2v) is 9.16. The molecule has 2 aliphatic heterocycles. The number of nitrogens with one attached hydrogen (secondary N) is 1. The average molecular weight is 435 g/mol. The number of hydrogen-bond donors (Lipinski definition) is 1. The third-order valence-corrected chi connectivity index (χ3v) is 7.27. The molecule has 2 amide bonds. The van der Waals surface area contributed by atoms with E-state index >= 15 is 0 Å². The van der Waals surface area contributed by atoms with Crippen molar-refractivity contribution in [2.45, 2.75) is 17.2 Å². The van der Waals surface area contributed by atoms with E-state index in [0.717, 1.165) is 12.1 Å². The number of rotatable bonds is 3. The van der Waals surface area contributed by atoms with Crippen LogP contribution in [0.4, 0.5) is 14.5 Å². The molecule has 0 spiro atoms. The van der Waals surface area contributed by atoms with E-state index in [2.05, 4.69) is 5.32 Å². The molecule has 1 saturated heterocycles. The van der Waals surface area contributed by atoms with Crippen molar-refractivity contribution in [2.75, 3.05) is 31.5 Å². The predicted octanol–water partition coefficient (Wildman–Crippen LogP) is 1.92. The van der Waals surface area contributed by atoms with Gasteiger partial charge in [0.15, 0.2) is 0 Å². The fourth-order valence-electron chi connectivity index (χ4n) is 3.78. The zero-order valence-electron chi connectivity index (χ0n) is 15.8. The molecule has 0 saturated carbocycles. The number of sulfonamides is 1. The van der Waals surface area contributed by atoms with Gasteiger partial charge >= 0.3 is 0 Å². The van der Waals surface area contributed by atoms with E-state index < -0.39 is 27.6 Å². The van der Waals surface area contributed by atoms with E-state index in [1.54, 1.807) is 0 Å². The van der Waals surface area contributed by atoms with Crippen LogP contribution in [0, 0.1) is 11.6 Å². The second kappa shape index (κ2) is 7.77. The number of amides is 2. The van der Waals surface area contributed by atoms with Crippen molar-refractivity contribution >= 4 is 27.5 Å². The molecule has 1 fully saturated rings. The van der Waals surface area contributed by atoms with Gasteiger partial charge in [-0.3, -0.25) is 9.59 Å². The third kappa shape index (κ3) is 3.80. The van der Waals surface area contributed by atoms with Gasteiger partial charge in [-0.05, 0) is 42.0 Å². The van der Waals surface area contributed by atoms with E-state index in [9.17, 15) is 26.8 Å². The number of carbonyl (C=O) groups excluding carboxylic acids is 2. The summed E-state index contributed by atoms with van der Waals surface area (Å²) in [6.07, 6.45) is -0.0500. The molecule has 1 N–H and O–H groups in total. The summed E-state index contributed by atoms with van der Waals surface area (Å²) in [5, 5.41) is 2.57. The molecule has 1 atom stereocenters. The molecule has 158 valence electrons. The molecule has 0 bridgehead atoms. The van der Waals surface area contributed by atoms with Gasteiger partial charge in [0.1, 0.15) is 11.6 Å². The summed E-state index contributed by atoms with van der Waals surface area (Å²) < 4.78 is 53.3. The predicted molar refractivity (Wildman–Crippen MR) is 104 cm³/mol. The zero-order valence-corrected chi connectivity index (χ0v) is 16.7. The lowest BCUT2D eigenvalue weighted by atomic mass is 9.89. The Hall–Kier alpha value is -2.85. The van der Waals surface area contributed by atoms with Crippen molar-refractivity contribution < 1.29 is 26.8 Å². The quantitative estimate of drug-likeness (QED) is 0.798. The summed E-state index contributed by atoms with van der Waals surface area (Å²) in [4.78, 5) is 26.5. The molecule has 0 unspecified atom stereocenters. The van der Waals surface area contributed by atoms with E-state index in [-0.39, 0.29) is 55.0 Å². The highest BCUT2D eigenvalue weighted by Gasteiger charge is 2.36. The Morgan fingerprint density at radius 1 is 0.967 bits per heavy atom. The summed E-state index contributed by atoms with van der Waals surface area (Å²) in [6, 6.07) is 8.49. The summed E-state index contributed by atoms with van der Waals surface area (Å²) in [5.41, 5.74) is 0.824. The lowest BCUT2D eigenvalue weighted by molar-refractivity contribution is -0.136. The van der Waals surface area contributed by atoms with E-state index in [0.29, 0.717) is 5.56 Å². The average Bonchev–Trinajstić information content (AvgIpc) is 2.72. The Labute approximate surface area is 172 Å². The van der Waals surface area contributed by atoms with Crippen LogP contribution in [-0.4, -0.2) is 55.6 Å². The van der Waals surface area contributed by atoms with Crippen LogP contribution < -0.4 is 5.32 Å². The van der Waals surface area contributed by atoms with Crippen molar-refractivity contribution in [2.24, 2.45) is 0 Å². The Kier molecular flexibility index (Phi) is 5.29. The summed E-state index contributed by atoms with van der Waals surface area (Å²) >= 11 is 0. The van der Waals surface area contributed by atoms with Crippen molar-refractivity contribution in [3.63, 3.8) is 0 Å². The number of hydrogen-bond acceptors (Lipinski definition) is 4. The summed E-state index contributed by atoms with van der Waals surface area (Å²) in [7, 11) is -3.79. The van der Waals surface area contributed by atoms with Crippen LogP contribution in [0.3, 0.4) is 0 Å². The smallest absolute Gasteiger partial charge is 0.243 e. The van der Waals surface area contributed by atoms with Crippen LogP contribution in [0.15, 0.2) is 47.4 Å².